The molecule has 2 aromatic rings. The van der Waals surface area contributed by atoms with E-state index < -0.39 is 0 Å². The molecule has 0 aliphatic carbocycles. The third kappa shape index (κ3) is 2.86. The van der Waals surface area contributed by atoms with Crippen LogP contribution in [0, 0.1) is 0 Å². The van der Waals surface area contributed by atoms with Gasteiger partial charge in [0.2, 0.25) is 0 Å². The Morgan fingerprint density at radius 1 is 1.50 bits per heavy atom. The Morgan fingerprint density at radius 2 is 2.33 bits per heavy atom. The number of nitrogen functional groups attached to an aromatic ring is 1. The lowest BCUT2D eigenvalue weighted by atomic mass is 10.2. The van der Waals surface area contributed by atoms with Gasteiger partial charge in [0.1, 0.15) is 11.5 Å². The van der Waals surface area contributed by atoms with Crippen LogP contribution in [0.5, 0.6) is 0 Å². The average molecular weight is 246 g/mol. The summed E-state index contributed by atoms with van der Waals surface area (Å²) in [5.74, 6) is 0.00190. The zero-order valence-electron chi connectivity index (χ0n) is 9.93. The van der Waals surface area contributed by atoms with Crippen molar-refractivity contribution in [1.82, 2.24) is 10.2 Å². The molecule has 1 aromatic carbocycles. The van der Waals surface area contributed by atoms with Crippen LogP contribution in [0.2, 0.25) is 0 Å². The van der Waals surface area contributed by atoms with Gasteiger partial charge in [-0.15, -0.1) is 0 Å². The van der Waals surface area contributed by atoms with E-state index in [9.17, 15) is 4.79 Å². The van der Waals surface area contributed by atoms with E-state index in [2.05, 4.69) is 15.5 Å². The summed E-state index contributed by atoms with van der Waals surface area (Å²) in [5, 5.41) is 9.00. The number of ether oxygens (including phenoxy) is 1. The van der Waals surface area contributed by atoms with Gasteiger partial charge >= 0.3 is 0 Å². The number of H-pyrrole nitrogens is 1. The van der Waals surface area contributed by atoms with E-state index in [1.165, 1.54) is 6.07 Å². The topological polar surface area (TPSA) is 93.0 Å². The molecule has 0 aliphatic heterocycles. The predicted octanol–water partition coefficient (Wildman–Crippen LogP) is 1.39. The third-order valence-electron chi connectivity index (χ3n) is 2.34. The predicted molar refractivity (Wildman–Crippen MR) is 68.1 cm³/mol. The van der Waals surface area contributed by atoms with E-state index in [1.54, 1.807) is 13.2 Å². The zero-order valence-corrected chi connectivity index (χ0v) is 9.93. The number of hydrogen-bond donors (Lipinski definition) is 3. The fourth-order valence-corrected chi connectivity index (χ4v) is 1.56. The molecule has 0 spiro atoms. The van der Waals surface area contributed by atoms with E-state index in [-0.39, 0.29) is 11.7 Å². The highest BCUT2D eigenvalue weighted by Gasteiger charge is 2.09. The Balaban J connectivity index is 2.09. The van der Waals surface area contributed by atoms with Gasteiger partial charge in [0.15, 0.2) is 0 Å². The molecule has 0 saturated heterocycles. The molecule has 0 atom stereocenters. The number of nitrogens with one attached hydrogen (secondary N) is 2. The van der Waals surface area contributed by atoms with Crippen molar-refractivity contribution in [3.8, 4) is 0 Å². The molecule has 1 amide bonds. The van der Waals surface area contributed by atoms with Crippen molar-refractivity contribution in [1.29, 1.82) is 0 Å². The van der Waals surface area contributed by atoms with Crippen LogP contribution in [0.25, 0.3) is 0 Å². The monoisotopic (exact) mass is 246 g/mol. The molecule has 0 radical (unpaired) electrons. The Bertz CT molecular complexity index is 551. The van der Waals surface area contributed by atoms with Gasteiger partial charge in [-0.05, 0) is 17.7 Å². The summed E-state index contributed by atoms with van der Waals surface area (Å²) in [6.45, 7) is 0.501. The molecule has 0 unspecified atom stereocenters. The first-order chi connectivity index (χ1) is 8.69. The second kappa shape index (κ2) is 5.33. The lowest BCUT2D eigenvalue weighted by molar-refractivity contribution is 0.102. The van der Waals surface area contributed by atoms with Gasteiger partial charge in [-0.3, -0.25) is 9.89 Å². The molecule has 1 aromatic heterocycles. The molecule has 94 valence electrons. The minimum Gasteiger partial charge on any atom is -0.382 e. The maximum atomic E-state index is 11.8. The summed E-state index contributed by atoms with van der Waals surface area (Å²) in [6.07, 6.45) is 0. The number of anilines is 2. The number of hydrogen-bond acceptors (Lipinski definition) is 4. The first-order valence-corrected chi connectivity index (χ1v) is 5.39. The first-order valence-electron chi connectivity index (χ1n) is 5.39. The molecule has 4 N–H and O–H groups in total. The van der Waals surface area contributed by atoms with Crippen LogP contribution in [-0.4, -0.2) is 23.2 Å². The molecule has 0 bridgehead atoms. The van der Waals surface area contributed by atoms with Gasteiger partial charge < -0.3 is 15.8 Å². The van der Waals surface area contributed by atoms with Gasteiger partial charge in [-0.1, -0.05) is 12.1 Å². The molecule has 0 aliphatic rings. The van der Waals surface area contributed by atoms with Crippen LogP contribution in [0.15, 0.2) is 30.3 Å². The fraction of sp³-hybridized carbons (Fsp3) is 0.167. The number of rotatable bonds is 4. The molecule has 18 heavy (non-hydrogen) atoms. The van der Waals surface area contributed by atoms with E-state index in [1.807, 2.05) is 18.2 Å². The van der Waals surface area contributed by atoms with Crippen LogP contribution in [0.3, 0.4) is 0 Å². The minimum atomic E-state index is -0.284. The molecule has 0 fully saturated rings. The molecule has 6 nitrogen and oxygen atoms in total. The van der Waals surface area contributed by atoms with Crippen molar-refractivity contribution in [2.75, 3.05) is 18.2 Å². The standard InChI is InChI=1S/C12H14N4O2/c1-18-7-8-3-2-4-9(5-8)14-12(17)10-6-11(13)16-15-10/h2-6H,7H2,1H3,(H,14,17)(H3,13,15,16). The summed E-state index contributed by atoms with van der Waals surface area (Å²) in [4.78, 5) is 11.8. The highest BCUT2D eigenvalue weighted by Crippen LogP contribution is 2.13. The summed E-state index contributed by atoms with van der Waals surface area (Å²) in [7, 11) is 1.62. The third-order valence-corrected chi connectivity index (χ3v) is 2.34. The summed E-state index contributed by atoms with van der Waals surface area (Å²) in [5.41, 5.74) is 7.44. The number of carbonyl (C=O) groups is 1. The molecule has 2 rings (SSSR count). The van der Waals surface area contributed by atoms with Gasteiger partial charge in [0.05, 0.1) is 6.61 Å². The van der Waals surface area contributed by atoms with Gasteiger partial charge in [0, 0.05) is 18.9 Å². The molecular weight excluding hydrogens is 232 g/mol. The lowest BCUT2D eigenvalue weighted by Gasteiger charge is -2.05. The van der Waals surface area contributed by atoms with Crippen LogP contribution in [0.1, 0.15) is 16.1 Å². The van der Waals surface area contributed by atoms with E-state index >= 15 is 0 Å². The Labute approximate surface area is 104 Å². The SMILES string of the molecule is COCc1cccc(NC(=O)c2cc(N)n[nH]2)c1. The summed E-state index contributed by atoms with van der Waals surface area (Å²) < 4.78 is 5.03. The van der Waals surface area contributed by atoms with Gasteiger partial charge in [-0.25, -0.2) is 0 Å². The summed E-state index contributed by atoms with van der Waals surface area (Å²) in [6, 6.07) is 8.91. The quantitative estimate of drug-likeness (QED) is 0.760. The van der Waals surface area contributed by atoms with Crippen molar-refractivity contribution in [2.45, 2.75) is 6.61 Å². The van der Waals surface area contributed by atoms with Crippen molar-refractivity contribution >= 4 is 17.4 Å². The van der Waals surface area contributed by atoms with Crippen molar-refractivity contribution in [2.24, 2.45) is 0 Å². The van der Waals surface area contributed by atoms with Crippen LogP contribution in [0.4, 0.5) is 11.5 Å². The number of benzene rings is 1. The van der Waals surface area contributed by atoms with Gasteiger partial charge in [-0.2, -0.15) is 5.10 Å². The number of amides is 1. The fourth-order valence-electron chi connectivity index (χ4n) is 1.56. The largest absolute Gasteiger partial charge is 0.382 e. The van der Waals surface area contributed by atoms with Crippen molar-refractivity contribution < 1.29 is 9.53 Å². The zero-order chi connectivity index (χ0) is 13.0. The highest BCUT2D eigenvalue weighted by atomic mass is 16.5. The van der Waals surface area contributed by atoms with E-state index in [4.69, 9.17) is 10.5 Å². The Kier molecular flexibility index (Phi) is 3.59. The van der Waals surface area contributed by atoms with Crippen LogP contribution in [-0.2, 0) is 11.3 Å². The first kappa shape index (κ1) is 12.1. The van der Waals surface area contributed by atoms with Crippen molar-refractivity contribution in [3.05, 3.63) is 41.6 Å². The number of aromatic nitrogens is 2. The minimum absolute atomic E-state index is 0.284. The lowest BCUT2D eigenvalue weighted by Crippen LogP contribution is -2.12. The molecule has 0 saturated carbocycles. The molecular formula is C12H14N4O2. The van der Waals surface area contributed by atoms with Crippen LogP contribution >= 0.6 is 0 Å². The Morgan fingerprint density at radius 3 is 3.00 bits per heavy atom. The second-order valence-electron chi connectivity index (χ2n) is 3.79. The number of methoxy groups -OCH3 is 1. The summed E-state index contributed by atoms with van der Waals surface area (Å²) >= 11 is 0. The number of aromatic amines is 1. The van der Waals surface area contributed by atoms with E-state index in [0.29, 0.717) is 18.0 Å². The van der Waals surface area contributed by atoms with Crippen LogP contribution < -0.4 is 11.1 Å². The highest BCUT2D eigenvalue weighted by molar-refractivity contribution is 6.03. The smallest absolute Gasteiger partial charge is 0.273 e. The maximum Gasteiger partial charge on any atom is 0.273 e. The average Bonchev–Trinajstić information content (AvgIpc) is 2.77. The molecule has 1 heterocycles. The maximum absolute atomic E-state index is 11.8. The number of nitrogens with two attached hydrogens (primary N) is 1. The molecule has 6 heteroatoms. The number of nitrogens with zero attached hydrogens (tertiary/aromatic N) is 1. The number of carbonyl (C=O) groups excluding carboxylic acids is 1. The van der Waals surface area contributed by atoms with E-state index in [0.717, 1.165) is 5.56 Å². The second-order valence-corrected chi connectivity index (χ2v) is 3.79. The Hall–Kier alpha value is -2.34. The van der Waals surface area contributed by atoms with Crippen molar-refractivity contribution in [3.63, 3.8) is 0 Å². The normalized spacial score (nSPS) is 10.3. The van der Waals surface area contributed by atoms with Gasteiger partial charge in [0.25, 0.3) is 5.91 Å².